The number of hydrogen-bond donors (Lipinski definition) is 0. The predicted molar refractivity (Wildman–Crippen MR) is 76.3 cm³/mol. The molecule has 0 aliphatic carbocycles. The Morgan fingerprint density at radius 1 is 1.00 bits per heavy atom. The van der Waals surface area contributed by atoms with Gasteiger partial charge >= 0.3 is 0 Å². The highest BCUT2D eigenvalue weighted by Crippen LogP contribution is 2.36. The van der Waals surface area contributed by atoms with Gasteiger partial charge in [0.25, 0.3) is 0 Å². The van der Waals surface area contributed by atoms with Gasteiger partial charge in [0.15, 0.2) is 6.79 Å². The summed E-state index contributed by atoms with van der Waals surface area (Å²) in [6.07, 6.45) is 0.807. The Kier molecular flexibility index (Phi) is 4.74. The van der Waals surface area contributed by atoms with Crippen molar-refractivity contribution in [2.24, 2.45) is 0 Å². The molecule has 0 unspecified atom stereocenters. The Bertz CT molecular complexity index is 593. The fourth-order valence-corrected chi connectivity index (χ4v) is 1.95. The lowest BCUT2D eigenvalue weighted by molar-refractivity contribution is 0.0515. The van der Waals surface area contributed by atoms with Gasteiger partial charge in [-0.1, -0.05) is 18.2 Å². The van der Waals surface area contributed by atoms with Gasteiger partial charge in [-0.3, -0.25) is 4.79 Å². The quantitative estimate of drug-likeness (QED) is 0.598. The van der Waals surface area contributed by atoms with Crippen LogP contribution in [-0.4, -0.2) is 27.3 Å². The van der Waals surface area contributed by atoms with Crippen LogP contribution in [0.3, 0.4) is 0 Å². The molecule has 0 aliphatic heterocycles. The van der Waals surface area contributed by atoms with Gasteiger partial charge in [0.2, 0.25) is 0 Å². The number of rotatable bonds is 6. The van der Waals surface area contributed by atoms with Crippen molar-refractivity contribution >= 4 is 6.29 Å². The molecule has 2 aromatic carbocycles. The number of ether oxygens (including phenoxy) is 3. The number of carbonyl (C=O) groups is 1. The maximum Gasteiger partial charge on any atom is 0.188 e. The van der Waals surface area contributed by atoms with Crippen LogP contribution in [-0.2, 0) is 4.74 Å². The summed E-state index contributed by atoms with van der Waals surface area (Å²) in [7, 11) is 3.16. The lowest BCUT2D eigenvalue weighted by Crippen LogP contribution is -2.00. The van der Waals surface area contributed by atoms with E-state index >= 15 is 0 Å². The molecule has 4 heteroatoms. The van der Waals surface area contributed by atoms with Gasteiger partial charge in [0.1, 0.15) is 17.8 Å². The van der Waals surface area contributed by atoms with Crippen molar-refractivity contribution in [3.8, 4) is 22.6 Å². The second-order valence-corrected chi connectivity index (χ2v) is 4.12. The Hall–Kier alpha value is -2.33. The molecule has 0 saturated heterocycles. The van der Waals surface area contributed by atoms with Crippen LogP contribution in [0.5, 0.6) is 11.5 Å². The van der Waals surface area contributed by atoms with Crippen LogP contribution in [0.2, 0.25) is 0 Å². The van der Waals surface area contributed by atoms with Gasteiger partial charge < -0.3 is 14.2 Å². The summed E-state index contributed by atoms with van der Waals surface area (Å²) in [5.41, 5.74) is 2.25. The Balaban J connectivity index is 2.52. The number of aldehydes is 1. The van der Waals surface area contributed by atoms with Crippen LogP contribution in [0.25, 0.3) is 11.1 Å². The number of benzene rings is 2. The van der Waals surface area contributed by atoms with Crippen LogP contribution >= 0.6 is 0 Å². The molecule has 104 valence electrons. The molecular weight excluding hydrogens is 256 g/mol. The topological polar surface area (TPSA) is 44.8 Å². The zero-order valence-electron chi connectivity index (χ0n) is 11.5. The normalized spacial score (nSPS) is 10.1. The van der Waals surface area contributed by atoms with Crippen molar-refractivity contribution in [2.75, 3.05) is 21.0 Å². The molecule has 0 bridgehead atoms. The maximum absolute atomic E-state index is 11.0. The first-order chi connectivity index (χ1) is 9.80. The van der Waals surface area contributed by atoms with Gasteiger partial charge in [-0.15, -0.1) is 0 Å². The van der Waals surface area contributed by atoms with Crippen LogP contribution in [0.15, 0.2) is 42.5 Å². The summed E-state index contributed by atoms with van der Waals surface area (Å²) in [5, 5.41) is 0. The van der Waals surface area contributed by atoms with Crippen molar-refractivity contribution in [1.82, 2.24) is 0 Å². The Labute approximate surface area is 117 Å². The van der Waals surface area contributed by atoms with Gasteiger partial charge in [-0.25, -0.2) is 0 Å². The first-order valence-electron chi connectivity index (χ1n) is 6.14. The number of para-hydroxylation sites is 1. The van der Waals surface area contributed by atoms with Crippen molar-refractivity contribution in [3.63, 3.8) is 0 Å². The molecule has 0 spiro atoms. The molecule has 4 nitrogen and oxygen atoms in total. The first kappa shape index (κ1) is 14.1. The van der Waals surface area contributed by atoms with Gasteiger partial charge in [0, 0.05) is 23.8 Å². The van der Waals surface area contributed by atoms with Crippen LogP contribution in [0.4, 0.5) is 0 Å². The van der Waals surface area contributed by atoms with Crippen molar-refractivity contribution in [2.45, 2.75) is 0 Å². The molecule has 0 aromatic heterocycles. The highest BCUT2D eigenvalue weighted by atomic mass is 16.7. The molecule has 0 amide bonds. The second-order valence-electron chi connectivity index (χ2n) is 4.12. The van der Waals surface area contributed by atoms with E-state index in [1.807, 2.05) is 24.3 Å². The molecule has 2 rings (SSSR count). The highest BCUT2D eigenvalue weighted by molar-refractivity contribution is 5.83. The first-order valence-corrected chi connectivity index (χ1v) is 6.14. The summed E-state index contributed by atoms with van der Waals surface area (Å²) in [6.45, 7) is 0.159. The molecule has 20 heavy (non-hydrogen) atoms. The summed E-state index contributed by atoms with van der Waals surface area (Å²) in [4.78, 5) is 11.0. The second kappa shape index (κ2) is 6.73. The molecule has 0 atom stereocenters. The number of methoxy groups -OCH3 is 2. The minimum absolute atomic E-state index is 0.159. The van der Waals surface area contributed by atoms with E-state index in [2.05, 4.69) is 0 Å². The van der Waals surface area contributed by atoms with E-state index in [1.54, 1.807) is 32.4 Å². The van der Waals surface area contributed by atoms with Gasteiger partial charge in [0.05, 0.1) is 7.11 Å². The van der Waals surface area contributed by atoms with Crippen LogP contribution in [0, 0.1) is 0 Å². The minimum Gasteiger partial charge on any atom is -0.496 e. The third-order valence-electron chi connectivity index (χ3n) is 2.87. The van der Waals surface area contributed by atoms with E-state index in [4.69, 9.17) is 14.2 Å². The van der Waals surface area contributed by atoms with Crippen molar-refractivity contribution in [1.29, 1.82) is 0 Å². The number of hydrogen-bond acceptors (Lipinski definition) is 4. The Morgan fingerprint density at radius 2 is 1.80 bits per heavy atom. The molecule has 2 aromatic rings. The third-order valence-corrected chi connectivity index (χ3v) is 2.87. The zero-order chi connectivity index (χ0) is 14.4. The lowest BCUT2D eigenvalue weighted by Gasteiger charge is -2.14. The van der Waals surface area contributed by atoms with Crippen molar-refractivity contribution in [3.05, 3.63) is 48.0 Å². The fourth-order valence-electron chi connectivity index (χ4n) is 1.95. The average Bonchev–Trinajstić information content (AvgIpc) is 2.52. The predicted octanol–water partition coefficient (Wildman–Crippen LogP) is 3.16. The van der Waals surface area contributed by atoms with Gasteiger partial charge in [-0.2, -0.15) is 0 Å². The summed E-state index contributed by atoms with van der Waals surface area (Å²) < 4.78 is 15.8. The third kappa shape index (κ3) is 2.97. The monoisotopic (exact) mass is 272 g/mol. The fraction of sp³-hybridized carbons (Fsp3) is 0.188. The zero-order valence-corrected chi connectivity index (χ0v) is 11.5. The van der Waals surface area contributed by atoms with E-state index in [0.717, 1.165) is 17.4 Å². The SMILES string of the molecule is COCOc1ccccc1-c1cc(C=O)ccc1OC. The number of carbonyl (C=O) groups excluding carboxylic acids is 1. The van der Waals surface area contributed by atoms with Crippen LogP contribution in [0.1, 0.15) is 10.4 Å². The Morgan fingerprint density at radius 3 is 2.50 bits per heavy atom. The smallest absolute Gasteiger partial charge is 0.188 e. The molecule has 0 radical (unpaired) electrons. The van der Waals surface area contributed by atoms with Crippen molar-refractivity contribution < 1.29 is 19.0 Å². The van der Waals surface area contributed by atoms with E-state index in [9.17, 15) is 4.79 Å². The molecule has 0 heterocycles. The molecule has 0 saturated carbocycles. The van der Waals surface area contributed by atoms with E-state index in [1.165, 1.54) is 0 Å². The molecular formula is C16H16O4. The average molecular weight is 272 g/mol. The summed E-state index contributed by atoms with van der Waals surface area (Å²) in [5.74, 6) is 1.36. The van der Waals surface area contributed by atoms with E-state index in [0.29, 0.717) is 17.1 Å². The minimum atomic E-state index is 0.159. The van der Waals surface area contributed by atoms with Gasteiger partial charge in [-0.05, 0) is 24.3 Å². The molecule has 0 aliphatic rings. The van der Waals surface area contributed by atoms with E-state index < -0.39 is 0 Å². The highest BCUT2D eigenvalue weighted by Gasteiger charge is 2.12. The summed E-state index contributed by atoms with van der Waals surface area (Å²) >= 11 is 0. The molecule has 0 N–H and O–H groups in total. The maximum atomic E-state index is 11.0. The lowest BCUT2D eigenvalue weighted by atomic mass is 10.0. The largest absolute Gasteiger partial charge is 0.496 e. The van der Waals surface area contributed by atoms with Crippen LogP contribution < -0.4 is 9.47 Å². The summed E-state index contributed by atoms with van der Waals surface area (Å²) in [6, 6.07) is 12.8. The molecule has 0 fully saturated rings. The van der Waals surface area contributed by atoms with E-state index in [-0.39, 0.29) is 6.79 Å². The standard InChI is InChI=1S/C16H16O4/c1-18-11-20-16-6-4-3-5-13(16)14-9-12(10-17)7-8-15(14)19-2/h3-10H,11H2,1-2H3.